The SMILES string of the molecule is Cc1ccc(OCC2CCN(C(=O)CCOc3ccccc3)CC2)cc1. The van der Waals surface area contributed by atoms with Crippen LogP contribution in [0.15, 0.2) is 54.6 Å². The van der Waals surface area contributed by atoms with E-state index in [4.69, 9.17) is 9.47 Å². The summed E-state index contributed by atoms with van der Waals surface area (Å²) in [5.41, 5.74) is 1.24. The minimum atomic E-state index is 0.179. The summed E-state index contributed by atoms with van der Waals surface area (Å²) in [5, 5.41) is 0. The van der Waals surface area contributed by atoms with Crippen molar-refractivity contribution in [1.29, 1.82) is 0 Å². The Morgan fingerprint density at radius 3 is 2.31 bits per heavy atom. The number of hydrogen-bond acceptors (Lipinski definition) is 3. The molecule has 0 aliphatic carbocycles. The number of benzene rings is 2. The molecule has 0 unspecified atom stereocenters. The number of para-hydroxylation sites is 1. The molecule has 0 bridgehead atoms. The molecule has 0 saturated carbocycles. The third-order valence-corrected chi connectivity index (χ3v) is 4.80. The first-order chi connectivity index (χ1) is 12.7. The van der Waals surface area contributed by atoms with Crippen molar-refractivity contribution in [3.63, 3.8) is 0 Å². The quantitative estimate of drug-likeness (QED) is 0.753. The average molecular weight is 353 g/mol. The molecule has 0 aromatic heterocycles. The summed E-state index contributed by atoms with van der Waals surface area (Å²) in [7, 11) is 0. The maximum atomic E-state index is 12.3. The molecule has 4 heteroatoms. The Hall–Kier alpha value is -2.49. The van der Waals surface area contributed by atoms with Crippen LogP contribution in [0.25, 0.3) is 0 Å². The van der Waals surface area contributed by atoms with Gasteiger partial charge in [-0.05, 0) is 49.9 Å². The second-order valence-corrected chi connectivity index (χ2v) is 6.86. The molecule has 2 aromatic rings. The van der Waals surface area contributed by atoms with Crippen molar-refractivity contribution in [3.05, 3.63) is 60.2 Å². The van der Waals surface area contributed by atoms with Crippen LogP contribution in [-0.2, 0) is 4.79 Å². The lowest BCUT2D eigenvalue weighted by Gasteiger charge is -2.32. The van der Waals surface area contributed by atoms with Crippen LogP contribution >= 0.6 is 0 Å². The molecule has 4 nitrogen and oxygen atoms in total. The highest BCUT2D eigenvalue weighted by molar-refractivity contribution is 5.76. The number of aryl methyl sites for hydroxylation is 1. The van der Waals surface area contributed by atoms with Gasteiger partial charge in [-0.25, -0.2) is 0 Å². The van der Waals surface area contributed by atoms with Crippen LogP contribution < -0.4 is 9.47 Å². The Labute approximate surface area is 155 Å². The number of carbonyl (C=O) groups is 1. The molecule has 1 aliphatic heterocycles. The van der Waals surface area contributed by atoms with Crippen molar-refractivity contribution >= 4 is 5.91 Å². The van der Waals surface area contributed by atoms with E-state index in [1.807, 2.05) is 47.4 Å². The van der Waals surface area contributed by atoms with Crippen LogP contribution in [0.5, 0.6) is 11.5 Å². The van der Waals surface area contributed by atoms with Gasteiger partial charge in [0.05, 0.1) is 19.6 Å². The number of carbonyl (C=O) groups excluding carboxylic acids is 1. The summed E-state index contributed by atoms with van der Waals surface area (Å²) in [5.74, 6) is 2.43. The molecule has 0 radical (unpaired) electrons. The van der Waals surface area contributed by atoms with Gasteiger partial charge in [-0.3, -0.25) is 4.79 Å². The molecule has 0 atom stereocenters. The van der Waals surface area contributed by atoms with Gasteiger partial charge in [0.2, 0.25) is 5.91 Å². The fourth-order valence-electron chi connectivity index (χ4n) is 3.13. The van der Waals surface area contributed by atoms with Gasteiger partial charge in [-0.1, -0.05) is 35.9 Å². The molecular weight excluding hydrogens is 326 g/mol. The molecule has 1 aliphatic rings. The van der Waals surface area contributed by atoms with Crippen LogP contribution in [0.4, 0.5) is 0 Å². The predicted molar refractivity (Wildman–Crippen MR) is 103 cm³/mol. The van der Waals surface area contributed by atoms with Gasteiger partial charge in [-0.15, -0.1) is 0 Å². The number of nitrogens with zero attached hydrogens (tertiary/aromatic N) is 1. The zero-order valence-electron chi connectivity index (χ0n) is 15.4. The van der Waals surface area contributed by atoms with E-state index in [-0.39, 0.29) is 5.91 Å². The zero-order valence-corrected chi connectivity index (χ0v) is 15.4. The third-order valence-electron chi connectivity index (χ3n) is 4.80. The Morgan fingerprint density at radius 1 is 0.962 bits per heavy atom. The lowest BCUT2D eigenvalue weighted by atomic mass is 9.97. The Kier molecular flexibility index (Phi) is 6.53. The first-order valence-electron chi connectivity index (χ1n) is 9.36. The maximum Gasteiger partial charge on any atom is 0.225 e. The van der Waals surface area contributed by atoms with E-state index in [1.165, 1.54) is 5.56 Å². The number of hydrogen-bond donors (Lipinski definition) is 0. The van der Waals surface area contributed by atoms with E-state index < -0.39 is 0 Å². The van der Waals surface area contributed by atoms with Gasteiger partial charge in [-0.2, -0.15) is 0 Å². The summed E-state index contributed by atoms with van der Waals surface area (Å²) in [4.78, 5) is 14.3. The summed E-state index contributed by atoms with van der Waals surface area (Å²) in [6.07, 6.45) is 2.42. The first kappa shape index (κ1) is 18.3. The molecular formula is C22H27NO3. The van der Waals surface area contributed by atoms with Crippen molar-refractivity contribution in [1.82, 2.24) is 4.90 Å². The number of rotatable bonds is 7. The minimum Gasteiger partial charge on any atom is -0.493 e. The van der Waals surface area contributed by atoms with Crippen LogP contribution in [0, 0.1) is 12.8 Å². The van der Waals surface area contributed by atoms with Crippen LogP contribution in [0.3, 0.4) is 0 Å². The van der Waals surface area contributed by atoms with E-state index in [0.29, 0.717) is 18.9 Å². The third kappa shape index (κ3) is 5.51. The van der Waals surface area contributed by atoms with Crippen molar-refractivity contribution in [2.24, 2.45) is 5.92 Å². The average Bonchev–Trinajstić information content (AvgIpc) is 2.69. The van der Waals surface area contributed by atoms with Crippen LogP contribution in [0.1, 0.15) is 24.8 Å². The van der Waals surface area contributed by atoms with Crippen molar-refractivity contribution in [3.8, 4) is 11.5 Å². The van der Waals surface area contributed by atoms with Gasteiger partial charge in [0.25, 0.3) is 0 Å². The number of piperidine rings is 1. The fourth-order valence-corrected chi connectivity index (χ4v) is 3.13. The summed E-state index contributed by atoms with van der Waals surface area (Å²) >= 11 is 0. The lowest BCUT2D eigenvalue weighted by Crippen LogP contribution is -2.40. The standard InChI is InChI=1S/C22H27NO3/c1-18-7-9-21(10-8-18)26-17-19-11-14-23(15-12-19)22(24)13-16-25-20-5-3-2-4-6-20/h2-10,19H,11-17H2,1H3. The highest BCUT2D eigenvalue weighted by atomic mass is 16.5. The first-order valence-corrected chi connectivity index (χ1v) is 9.36. The number of amides is 1. The van der Waals surface area contributed by atoms with Gasteiger partial charge >= 0.3 is 0 Å². The number of ether oxygens (including phenoxy) is 2. The summed E-state index contributed by atoms with van der Waals surface area (Å²) < 4.78 is 11.5. The Morgan fingerprint density at radius 2 is 1.62 bits per heavy atom. The van der Waals surface area contributed by atoms with Crippen molar-refractivity contribution in [2.75, 3.05) is 26.3 Å². The van der Waals surface area contributed by atoms with Gasteiger partial charge in [0.15, 0.2) is 0 Å². The molecule has 2 aromatic carbocycles. The van der Waals surface area contributed by atoms with Gasteiger partial charge in [0.1, 0.15) is 11.5 Å². The van der Waals surface area contributed by atoms with Crippen LogP contribution in [0.2, 0.25) is 0 Å². The van der Waals surface area contributed by atoms with E-state index in [2.05, 4.69) is 19.1 Å². The van der Waals surface area contributed by atoms with Crippen molar-refractivity contribution in [2.45, 2.75) is 26.2 Å². The highest BCUT2D eigenvalue weighted by Gasteiger charge is 2.23. The van der Waals surface area contributed by atoms with E-state index in [1.54, 1.807) is 0 Å². The normalized spacial score (nSPS) is 14.9. The maximum absolute atomic E-state index is 12.3. The molecule has 1 amide bonds. The second-order valence-electron chi connectivity index (χ2n) is 6.86. The molecule has 138 valence electrons. The van der Waals surface area contributed by atoms with Crippen LogP contribution in [-0.4, -0.2) is 37.1 Å². The molecule has 0 N–H and O–H groups in total. The largest absolute Gasteiger partial charge is 0.493 e. The number of likely N-dealkylation sites (tertiary alicyclic amines) is 1. The molecule has 3 rings (SSSR count). The van der Waals surface area contributed by atoms with E-state index in [9.17, 15) is 4.79 Å². The lowest BCUT2D eigenvalue weighted by molar-refractivity contribution is -0.133. The molecule has 1 heterocycles. The fraction of sp³-hybridized carbons (Fsp3) is 0.409. The molecule has 26 heavy (non-hydrogen) atoms. The molecule has 1 saturated heterocycles. The minimum absolute atomic E-state index is 0.179. The Balaban J connectivity index is 1.33. The Bertz CT molecular complexity index is 676. The van der Waals surface area contributed by atoms with Crippen molar-refractivity contribution < 1.29 is 14.3 Å². The highest BCUT2D eigenvalue weighted by Crippen LogP contribution is 2.20. The molecule has 0 spiro atoms. The monoisotopic (exact) mass is 353 g/mol. The summed E-state index contributed by atoms with van der Waals surface area (Å²) in [6, 6.07) is 17.8. The van der Waals surface area contributed by atoms with Gasteiger partial charge < -0.3 is 14.4 Å². The van der Waals surface area contributed by atoms with E-state index >= 15 is 0 Å². The smallest absolute Gasteiger partial charge is 0.225 e. The predicted octanol–water partition coefficient (Wildman–Crippen LogP) is 4.08. The topological polar surface area (TPSA) is 38.8 Å². The zero-order chi connectivity index (χ0) is 18.2. The summed E-state index contributed by atoms with van der Waals surface area (Å²) in [6.45, 7) is 4.85. The molecule has 1 fully saturated rings. The van der Waals surface area contributed by atoms with E-state index in [0.717, 1.165) is 44.0 Å². The second kappa shape index (κ2) is 9.27. The van der Waals surface area contributed by atoms with Gasteiger partial charge in [0, 0.05) is 13.1 Å².